The second-order valence-electron chi connectivity index (χ2n) is 7.14. The first kappa shape index (κ1) is 17.0. The van der Waals surface area contributed by atoms with E-state index in [2.05, 4.69) is 40.5 Å². The fourth-order valence-corrected chi connectivity index (χ4v) is 3.30. The van der Waals surface area contributed by atoms with E-state index in [1.165, 1.54) is 32.1 Å². The Labute approximate surface area is 143 Å². The molecule has 3 N–H and O–H groups in total. The normalized spacial score (nSPS) is 17.2. The molecule has 2 aromatic rings. The van der Waals surface area contributed by atoms with Crippen molar-refractivity contribution in [1.82, 2.24) is 9.97 Å². The summed E-state index contributed by atoms with van der Waals surface area (Å²) in [6.07, 6.45) is 7.65. The minimum absolute atomic E-state index is 0.271. The maximum atomic E-state index is 9.89. The molecule has 0 saturated heterocycles. The molecule has 130 valence electrons. The van der Waals surface area contributed by atoms with Crippen LogP contribution < -0.4 is 10.6 Å². The summed E-state index contributed by atoms with van der Waals surface area (Å²) in [5.41, 5.74) is 0.667. The maximum absolute atomic E-state index is 9.89. The van der Waals surface area contributed by atoms with Gasteiger partial charge in [-0.3, -0.25) is 0 Å². The summed E-state index contributed by atoms with van der Waals surface area (Å²) in [5.74, 6) is 1.72. The molecule has 0 amide bonds. The van der Waals surface area contributed by atoms with Crippen LogP contribution in [0, 0.1) is 0 Å². The highest BCUT2D eigenvalue weighted by molar-refractivity contribution is 5.93. The Hall–Kier alpha value is -1.88. The molecule has 1 aliphatic carbocycles. The lowest BCUT2D eigenvalue weighted by molar-refractivity contribution is 0.194. The lowest BCUT2D eigenvalue weighted by Crippen LogP contribution is -2.22. The smallest absolute Gasteiger partial charge is 0.134 e. The molecule has 0 radical (unpaired) electrons. The lowest BCUT2D eigenvalue weighted by Gasteiger charge is -2.23. The number of anilines is 2. The predicted molar refractivity (Wildman–Crippen MR) is 99.4 cm³/mol. The molecule has 2 aromatic heterocycles. The van der Waals surface area contributed by atoms with E-state index >= 15 is 0 Å². The van der Waals surface area contributed by atoms with E-state index < -0.39 is 6.10 Å². The van der Waals surface area contributed by atoms with Crippen molar-refractivity contribution in [1.29, 1.82) is 0 Å². The molecule has 2 heterocycles. The van der Waals surface area contributed by atoms with Crippen molar-refractivity contribution in [2.24, 2.45) is 0 Å². The van der Waals surface area contributed by atoms with Gasteiger partial charge >= 0.3 is 0 Å². The van der Waals surface area contributed by atoms with Crippen LogP contribution in [0.1, 0.15) is 64.7 Å². The van der Waals surface area contributed by atoms with E-state index in [9.17, 15) is 5.11 Å². The molecular weight excluding hydrogens is 300 g/mol. The molecule has 1 fully saturated rings. The van der Waals surface area contributed by atoms with Crippen molar-refractivity contribution in [2.45, 2.75) is 71.1 Å². The van der Waals surface area contributed by atoms with Crippen molar-refractivity contribution in [3.05, 3.63) is 24.0 Å². The van der Waals surface area contributed by atoms with Gasteiger partial charge in [0.2, 0.25) is 0 Å². The summed E-state index contributed by atoms with van der Waals surface area (Å²) in [5, 5.41) is 18.9. The van der Waals surface area contributed by atoms with Gasteiger partial charge in [0.05, 0.1) is 11.8 Å². The summed E-state index contributed by atoms with van der Waals surface area (Å²) < 4.78 is 0. The second-order valence-corrected chi connectivity index (χ2v) is 7.14. The predicted octanol–water partition coefficient (Wildman–Crippen LogP) is 4.25. The number of hydrogen-bond donors (Lipinski definition) is 3. The van der Waals surface area contributed by atoms with Crippen LogP contribution in [-0.2, 0) is 0 Å². The lowest BCUT2D eigenvalue weighted by atomic mass is 9.95. The Kier molecular flexibility index (Phi) is 5.19. The fraction of sp³-hybridized carbons (Fsp3) is 0.579. The van der Waals surface area contributed by atoms with E-state index in [4.69, 9.17) is 0 Å². The molecule has 1 aliphatic rings. The van der Waals surface area contributed by atoms with Gasteiger partial charge < -0.3 is 15.7 Å². The van der Waals surface area contributed by atoms with Gasteiger partial charge in [-0.1, -0.05) is 19.3 Å². The first-order chi connectivity index (χ1) is 11.5. The molecule has 24 heavy (non-hydrogen) atoms. The molecule has 0 spiro atoms. The van der Waals surface area contributed by atoms with Crippen molar-refractivity contribution >= 4 is 22.4 Å². The van der Waals surface area contributed by atoms with Crippen LogP contribution in [-0.4, -0.2) is 27.2 Å². The third-order valence-electron chi connectivity index (χ3n) is 4.54. The first-order valence-corrected chi connectivity index (χ1v) is 9.05. The van der Waals surface area contributed by atoms with Gasteiger partial charge in [-0.15, -0.1) is 0 Å². The van der Waals surface area contributed by atoms with Crippen LogP contribution in [0.2, 0.25) is 0 Å². The minimum atomic E-state index is -0.595. The third kappa shape index (κ3) is 3.96. The average molecular weight is 328 g/mol. The molecule has 5 heteroatoms. The summed E-state index contributed by atoms with van der Waals surface area (Å²) in [4.78, 5) is 9.19. The number of rotatable bonds is 5. The van der Waals surface area contributed by atoms with E-state index in [1.54, 1.807) is 6.92 Å². The van der Waals surface area contributed by atoms with Crippen molar-refractivity contribution < 1.29 is 5.11 Å². The minimum Gasteiger partial charge on any atom is -0.387 e. The van der Waals surface area contributed by atoms with Gasteiger partial charge in [-0.25, -0.2) is 9.97 Å². The molecule has 1 atom stereocenters. The highest BCUT2D eigenvalue weighted by atomic mass is 16.3. The van der Waals surface area contributed by atoms with Crippen molar-refractivity contribution in [2.75, 3.05) is 10.6 Å². The molecular formula is C19H28N4O. The van der Waals surface area contributed by atoms with Crippen molar-refractivity contribution in [3.8, 4) is 0 Å². The number of nitrogens with one attached hydrogen (secondary N) is 2. The van der Waals surface area contributed by atoms with Crippen LogP contribution in [0.3, 0.4) is 0 Å². The molecule has 0 aromatic carbocycles. The third-order valence-corrected chi connectivity index (χ3v) is 4.54. The van der Waals surface area contributed by atoms with E-state index in [1.807, 2.05) is 12.3 Å². The molecule has 1 saturated carbocycles. The van der Waals surface area contributed by atoms with Crippen LogP contribution in [0.15, 0.2) is 18.3 Å². The summed E-state index contributed by atoms with van der Waals surface area (Å²) in [6.45, 7) is 5.91. The molecule has 0 unspecified atom stereocenters. The Balaban J connectivity index is 1.95. The SMILES string of the molecule is CC(C)Nc1nc([C@@H](C)O)cc2cnc(NC3CCCCC3)cc12. The van der Waals surface area contributed by atoms with E-state index in [-0.39, 0.29) is 6.04 Å². The monoisotopic (exact) mass is 328 g/mol. The molecule has 0 bridgehead atoms. The Morgan fingerprint density at radius 1 is 1.12 bits per heavy atom. The largest absolute Gasteiger partial charge is 0.387 e. The second kappa shape index (κ2) is 7.34. The Morgan fingerprint density at radius 2 is 1.88 bits per heavy atom. The number of aliphatic hydroxyl groups is 1. The van der Waals surface area contributed by atoms with E-state index in [0.717, 1.165) is 22.4 Å². The highest BCUT2D eigenvalue weighted by Gasteiger charge is 2.15. The van der Waals surface area contributed by atoms with E-state index in [0.29, 0.717) is 11.7 Å². The molecule has 5 nitrogen and oxygen atoms in total. The van der Waals surface area contributed by atoms with Crippen LogP contribution in [0.25, 0.3) is 10.8 Å². The van der Waals surface area contributed by atoms with Crippen LogP contribution >= 0.6 is 0 Å². The fourth-order valence-electron chi connectivity index (χ4n) is 3.30. The number of nitrogens with zero attached hydrogens (tertiary/aromatic N) is 2. The summed E-state index contributed by atoms with van der Waals surface area (Å²) >= 11 is 0. The summed E-state index contributed by atoms with van der Waals surface area (Å²) in [6, 6.07) is 4.79. The highest BCUT2D eigenvalue weighted by Crippen LogP contribution is 2.28. The van der Waals surface area contributed by atoms with Gasteiger partial charge in [0.15, 0.2) is 0 Å². The summed E-state index contributed by atoms with van der Waals surface area (Å²) in [7, 11) is 0. The number of fused-ring (bicyclic) bond motifs is 1. The Morgan fingerprint density at radius 3 is 2.54 bits per heavy atom. The van der Waals surface area contributed by atoms with Gasteiger partial charge in [0.25, 0.3) is 0 Å². The average Bonchev–Trinajstić information content (AvgIpc) is 2.55. The number of aliphatic hydroxyl groups excluding tert-OH is 1. The zero-order valence-electron chi connectivity index (χ0n) is 14.8. The Bertz CT molecular complexity index is 693. The number of hydrogen-bond acceptors (Lipinski definition) is 5. The topological polar surface area (TPSA) is 70.1 Å². The van der Waals surface area contributed by atoms with Crippen molar-refractivity contribution in [3.63, 3.8) is 0 Å². The van der Waals surface area contributed by atoms with Gasteiger partial charge in [-0.05, 0) is 45.7 Å². The van der Waals surface area contributed by atoms with Gasteiger partial charge in [0, 0.05) is 29.1 Å². The zero-order valence-corrected chi connectivity index (χ0v) is 14.8. The van der Waals surface area contributed by atoms with Gasteiger partial charge in [0.1, 0.15) is 11.6 Å². The standard InChI is InChI=1S/C19H28N4O/c1-12(2)21-19-16-10-18(22-15-7-5-4-6-8-15)20-11-14(16)9-17(23-19)13(3)24/h9-13,15,24H,4-8H2,1-3H3,(H,20,22)(H,21,23)/t13-/m1/s1. The maximum Gasteiger partial charge on any atom is 0.134 e. The van der Waals surface area contributed by atoms with Gasteiger partial charge in [-0.2, -0.15) is 0 Å². The van der Waals surface area contributed by atoms with Crippen LogP contribution in [0.5, 0.6) is 0 Å². The molecule has 0 aliphatic heterocycles. The molecule has 3 rings (SSSR count). The number of pyridine rings is 2. The first-order valence-electron chi connectivity index (χ1n) is 9.05. The zero-order chi connectivity index (χ0) is 17.1. The number of aromatic nitrogens is 2. The van der Waals surface area contributed by atoms with Crippen LogP contribution in [0.4, 0.5) is 11.6 Å². The quantitative estimate of drug-likeness (QED) is 0.765.